The van der Waals surface area contributed by atoms with Crippen LogP contribution in [0.2, 0.25) is 0 Å². The second kappa shape index (κ2) is 6.86. The van der Waals surface area contributed by atoms with Crippen LogP contribution in [0.4, 0.5) is 14.0 Å². The second-order valence-electron chi connectivity index (χ2n) is 9.00. The Labute approximate surface area is 169 Å². The molecule has 156 valence electrons. The molecule has 1 aromatic carbocycles. The monoisotopic (exact) mass is 403 g/mol. The van der Waals surface area contributed by atoms with Gasteiger partial charge in [-0.3, -0.25) is 0 Å². The molecule has 3 fully saturated rings. The molecule has 8 heteroatoms. The standard InChI is InChI=1S/C21H26FN3O4/c1-21(11-28-12-21)29-20(27)25-9-17-16(18(17)10-25)4-5-23-19(26)24-7-13-2-3-15(22)6-14(13)8-24/h2-3,6,16-18H,4-5,7-12H2,1H3,(H,23,26)/t16?,17-,18+. The topological polar surface area (TPSA) is 71.1 Å². The zero-order valence-electron chi connectivity index (χ0n) is 16.5. The molecule has 0 spiro atoms. The van der Waals surface area contributed by atoms with E-state index >= 15 is 0 Å². The molecule has 5 rings (SSSR count). The molecule has 1 unspecified atom stereocenters. The van der Waals surface area contributed by atoms with Crippen LogP contribution in [0.5, 0.6) is 0 Å². The van der Waals surface area contributed by atoms with E-state index in [1.165, 1.54) is 12.1 Å². The van der Waals surface area contributed by atoms with Crippen molar-refractivity contribution in [2.45, 2.75) is 32.0 Å². The third-order valence-corrected chi connectivity index (χ3v) is 6.71. The fourth-order valence-electron chi connectivity index (χ4n) is 4.91. The largest absolute Gasteiger partial charge is 0.438 e. The van der Waals surface area contributed by atoms with Crippen LogP contribution in [-0.2, 0) is 22.6 Å². The summed E-state index contributed by atoms with van der Waals surface area (Å²) >= 11 is 0. The highest BCUT2D eigenvalue weighted by molar-refractivity contribution is 5.75. The van der Waals surface area contributed by atoms with Crippen molar-refractivity contribution in [1.29, 1.82) is 0 Å². The number of likely N-dealkylation sites (tertiary alicyclic amines) is 1. The summed E-state index contributed by atoms with van der Waals surface area (Å²) in [6.07, 6.45) is 0.686. The van der Waals surface area contributed by atoms with Crippen molar-refractivity contribution in [2.75, 3.05) is 32.8 Å². The zero-order chi connectivity index (χ0) is 20.2. The summed E-state index contributed by atoms with van der Waals surface area (Å²) in [6.45, 7) is 5.92. The first-order chi connectivity index (χ1) is 13.9. The molecule has 3 amide bonds. The summed E-state index contributed by atoms with van der Waals surface area (Å²) in [5.41, 5.74) is 1.42. The van der Waals surface area contributed by atoms with Gasteiger partial charge in [0.1, 0.15) is 5.82 Å². The van der Waals surface area contributed by atoms with Crippen molar-refractivity contribution < 1.29 is 23.5 Å². The van der Waals surface area contributed by atoms with Crippen LogP contribution in [0.3, 0.4) is 0 Å². The minimum Gasteiger partial charge on any atom is -0.438 e. The molecule has 29 heavy (non-hydrogen) atoms. The predicted octanol–water partition coefficient (Wildman–Crippen LogP) is 2.34. The molecule has 2 saturated heterocycles. The molecule has 7 nitrogen and oxygen atoms in total. The number of rotatable bonds is 4. The van der Waals surface area contributed by atoms with Gasteiger partial charge < -0.3 is 24.6 Å². The Morgan fingerprint density at radius 2 is 1.93 bits per heavy atom. The number of benzene rings is 1. The molecule has 0 aromatic heterocycles. The maximum absolute atomic E-state index is 13.3. The minimum atomic E-state index is -0.464. The zero-order valence-corrected chi connectivity index (χ0v) is 16.5. The van der Waals surface area contributed by atoms with Crippen LogP contribution in [0.1, 0.15) is 24.5 Å². The summed E-state index contributed by atoms with van der Waals surface area (Å²) in [7, 11) is 0. The van der Waals surface area contributed by atoms with E-state index in [1.54, 1.807) is 15.9 Å². The fourth-order valence-corrected chi connectivity index (χ4v) is 4.91. The third-order valence-electron chi connectivity index (χ3n) is 6.71. The quantitative estimate of drug-likeness (QED) is 0.838. The SMILES string of the molecule is CC1(OC(=O)N2C[C@@H]3C(CCNC(=O)N4Cc5ccc(F)cc5C4)[C@@H]3C2)COC1. The first-order valence-electron chi connectivity index (χ1n) is 10.3. The van der Waals surface area contributed by atoms with Crippen LogP contribution in [0.25, 0.3) is 0 Å². The number of halogens is 1. The Morgan fingerprint density at radius 1 is 1.21 bits per heavy atom. The van der Waals surface area contributed by atoms with E-state index in [9.17, 15) is 14.0 Å². The lowest BCUT2D eigenvalue weighted by Crippen LogP contribution is -2.52. The van der Waals surface area contributed by atoms with E-state index in [0.29, 0.717) is 50.6 Å². The second-order valence-corrected chi connectivity index (χ2v) is 9.00. The number of hydrogen-bond donors (Lipinski definition) is 1. The summed E-state index contributed by atoms with van der Waals surface area (Å²) in [4.78, 5) is 28.2. The highest BCUT2D eigenvalue weighted by Crippen LogP contribution is 2.53. The number of nitrogens with one attached hydrogen (secondary N) is 1. The van der Waals surface area contributed by atoms with Crippen molar-refractivity contribution in [2.24, 2.45) is 17.8 Å². The molecule has 3 heterocycles. The van der Waals surface area contributed by atoms with Crippen molar-refractivity contribution in [3.05, 3.63) is 35.1 Å². The van der Waals surface area contributed by atoms with Gasteiger partial charge in [-0.05, 0) is 54.4 Å². The summed E-state index contributed by atoms with van der Waals surface area (Å²) in [6, 6.07) is 4.58. The Morgan fingerprint density at radius 3 is 2.62 bits per heavy atom. The Balaban J connectivity index is 1.02. The van der Waals surface area contributed by atoms with Gasteiger partial charge in [-0.25, -0.2) is 14.0 Å². The van der Waals surface area contributed by atoms with Gasteiger partial charge in [0, 0.05) is 32.7 Å². The van der Waals surface area contributed by atoms with Gasteiger partial charge in [0.15, 0.2) is 5.60 Å². The van der Waals surface area contributed by atoms with E-state index in [2.05, 4.69) is 5.32 Å². The first-order valence-corrected chi connectivity index (χ1v) is 10.3. The summed E-state index contributed by atoms with van der Waals surface area (Å²) in [5, 5.41) is 2.99. The van der Waals surface area contributed by atoms with E-state index in [4.69, 9.17) is 9.47 Å². The van der Waals surface area contributed by atoms with Crippen LogP contribution in [0, 0.1) is 23.6 Å². The van der Waals surface area contributed by atoms with E-state index in [-0.39, 0.29) is 17.9 Å². The number of ether oxygens (including phenoxy) is 2. The lowest BCUT2D eigenvalue weighted by molar-refractivity contribution is -0.171. The molecule has 3 aliphatic heterocycles. The Kier molecular flexibility index (Phi) is 4.42. The number of hydrogen-bond acceptors (Lipinski definition) is 4. The molecule has 1 N–H and O–H groups in total. The number of carbonyl (C=O) groups is 2. The van der Waals surface area contributed by atoms with Crippen molar-refractivity contribution in [1.82, 2.24) is 15.1 Å². The molecule has 0 bridgehead atoms. The van der Waals surface area contributed by atoms with Gasteiger partial charge in [-0.2, -0.15) is 0 Å². The van der Waals surface area contributed by atoms with Crippen molar-refractivity contribution >= 4 is 12.1 Å². The molecule has 1 aromatic rings. The predicted molar refractivity (Wildman–Crippen MR) is 101 cm³/mol. The van der Waals surface area contributed by atoms with Crippen LogP contribution in [-0.4, -0.2) is 60.4 Å². The molecular weight excluding hydrogens is 377 g/mol. The number of nitrogens with zero attached hydrogens (tertiary/aromatic N) is 2. The van der Waals surface area contributed by atoms with Crippen LogP contribution < -0.4 is 5.32 Å². The highest BCUT2D eigenvalue weighted by Gasteiger charge is 2.56. The highest BCUT2D eigenvalue weighted by atomic mass is 19.1. The van der Waals surface area contributed by atoms with Gasteiger partial charge in [0.2, 0.25) is 0 Å². The minimum absolute atomic E-state index is 0.103. The Hall–Kier alpha value is -2.35. The maximum atomic E-state index is 13.3. The lowest BCUT2D eigenvalue weighted by Gasteiger charge is -2.38. The van der Waals surface area contributed by atoms with E-state index in [1.807, 2.05) is 6.92 Å². The average molecular weight is 403 g/mol. The third kappa shape index (κ3) is 3.54. The van der Waals surface area contributed by atoms with E-state index < -0.39 is 5.60 Å². The molecule has 3 atom stereocenters. The molecule has 1 aliphatic carbocycles. The Bertz CT molecular complexity index is 831. The van der Waals surface area contributed by atoms with Gasteiger partial charge in [0.25, 0.3) is 0 Å². The number of amides is 3. The van der Waals surface area contributed by atoms with Gasteiger partial charge in [-0.1, -0.05) is 6.07 Å². The number of piperidine rings is 1. The molecule has 1 saturated carbocycles. The van der Waals surface area contributed by atoms with Crippen LogP contribution >= 0.6 is 0 Å². The molecular formula is C21H26FN3O4. The van der Waals surface area contributed by atoms with Crippen molar-refractivity contribution in [3.8, 4) is 0 Å². The molecule has 4 aliphatic rings. The maximum Gasteiger partial charge on any atom is 0.410 e. The average Bonchev–Trinajstić information content (AvgIpc) is 3.02. The van der Waals surface area contributed by atoms with E-state index in [0.717, 1.165) is 30.6 Å². The fraction of sp³-hybridized carbons (Fsp3) is 0.619. The number of urea groups is 1. The normalized spacial score (nSPS) is 28.4. The van der Waals surface area contributed by atoms with Crippen molar-refractivity contribution in [3.63, 3.8) is 0 Å². The number of fused-ring (bicyclic) bond motifs is 2. The van der Waals surface area contributed by atoms with Gasteiger partial charge in [-0.15, -0.1) is 0 Å². The van der Waals surface area contributed by atoms with Crippen LogP contribution in [0.15, 0.2) is 18.2 Å². The summed E-state index contributed by atoms with van der Waals surface area (Å²) < 4.78 is 24.0. The first kappa shape index (κ1) is 18.7. The lowest BCUT2D eigenvalue weighted by atomic mass is 10.1. The number of carbonyl (C=O) groups excluding carboxylic acids is 2. The van der Waals surface area contributed by atoms with Gasteiger partial charge in [0.05, 0.1) is 13.2 Å². The molecule has 0 radical (unpaired) electrons. The summed E-state index contributed by atoms with van der Waals surface area (Å²) in [5.74, 6) is 1.33. The van der Waals surface area contributed by atoms with Gasteiger partial charge >= 0.3 is 12.1 Å². The smallest absolute Gasteiger partial charge is 0.410 e.